The topological polar surface area (TPSA) is 23.2 Å². The molecule has 0 amide bonds. The lowest BCUT2D eigenvalue weighted by molar-refractivity contribution is -0.665. The van der Waals surface area contributed by atoms with Crippen molar-refractivity contribution in [3.63, 3.8) is 0 Å². The van der Waals surface area contributed by atoms with Gasteiger partial charge in [-0.15, -0.1) is 11.3 Å². The van der Waals surface area contributed by atoms with E-state index in [0.717, 1.165) is 35.3 Å². The molecule has 0 atom stereocenters. The zero-order chi connectivity index (χ0) is 24.5. The van der Waals surface area contributed by atoms with Crippen LogP contribution in [0.2, 0.25) is 0 Å². The van der Waals surface area contributed by atoms with Gasteiger partial charge in [-0.1, -0.05) is 59.9 Å². The van der Waals surface area contributed by atoms with Gasteiger partial charge in [0, 0.05) is 23.2 Å². The average molecular weight is 508 g/mol. The van der Waals surface area contributed by atoms with Gasteiger partial charge >= 0.3 is 0 Å². The number of nitrogens with zero attached hydrogens (tertiary/aromatic N) is 4. The summed E-state index contributed by atoms with van der Waals surface area (Å²) >= 11 is 3.54. The van der Waals surface area contributed by atoms with E-state index in [1.807, 2.05) is 11.3 Å². The van der Waals surface area contributed by atoms with E-state index in [-0.39, 0.29) is 0 Å². The van der Waals surface area contributed by atoms with Gasteiger partial charge < -0.3 is 4.90 Å². The largest absolute Gasteiger partial charge is 0.320 e. The van der Waals surface area contributed by atoms with E-state index < -0.39 is 0 Å². The normalized spacial score (nSPS) is 14.4. The average Bonchev–Trinajstić information content (AvgIpc) is 3.58. The Morgan fingerprint density at radius 2 is 1.67 bits per heavy atom. The first kappa shape index (κ1) is 22.7. The highest BCUT2D eigenvalue weighted by Gasteiger charge is 2.32. The summed E-state index contributed by atoms with van der Waals surface area (Å²) in [5, 5.41) is 4.51. The van der Waals surface area contributed by atoms with Crippen molar-refractivity contribution in [3.05, 3.63) is 118 Å². The number of aromatic nitrogens is 2. The molecule has 0 unspecified atom stereocenters. The van der Waals surface area contributed by atoms with Gasteiger partial charge in [0.25, 0.3) is 5.01 Å². The van der Waals surface area contributed by atoms with E-state index in [1.54, 1.807) is 11.3 Å². The first-order valence-electron chi connectivity index (χ1n) is 12.2. The molecule has 1 aliphatic heterocycles. The lowest BCUT2D eigenvalue weighted by atomic mass is 10.2. The van der Waals surface area contributed by atoms with Crippen LogP contribution in [-0.4, -0.2) is 4.98 Å². The van der Waals surface area contributed by atoms with Crippen LogP contribution in [0.5, 0.6) is 0 Å². The molecule has 1 aliphatic rings. The molecule has 4 nitrogen and oxygen atoms in total. The number of hydrogen-bond acceptors (Lipinski definition) is 5. The smallest absolute Gasteiger partial charge is 0.262 e. The second kappa shape index (κ2) is 9.72. The summed E-state index contributed by atoms with van der Waals surface area (Å²) in [5.41, 5.74) is 5.90. The van der Waals surface area contributed by atoms with Crippen molar-refractivity contribution >= 4 is 56.0 Å². The van der Waals surface area contributed by atoms with Gasteiger partial charge in [-0.3, -0.25) is 4.90 Å². The molecular formula is C30H27N4S2+. The number of aryl methyl sites for hydroxylation is 2. The molecule has 0 saturated heterocycles. The lowest BCUT2D eigenvalue weighted by Gasteiger charge is -2.25. The predicted molar refractivity (Wildman–Crippen MR) is 153 cm³/mol. The fourth-order valence-electron chi connectivity index (χ4n) is 4.79. The lowest BCUT2D eigenvalue weighted by Crippen LogP contribution is -2.33. The molecule has 0 saturated carbocycles. The monoisotopic (exact) mass is 507 g/mol. The van der Waals surface area contributed by atoms with E-state index in [4.69, 9.17) is 4.98 Å². The second-order valence-corrected chi connectivity index (χ2v) is 10.8. The van der Waals surface area contributed by atoms with Crippen LogP contribution in [0.25, 0.3) is 16.3 Å². The number of anilines is 3. The third kappa shape index (κ3) is 4.12. The van der Waals surface area contributed by atoms with Crippen LogP contribution in [-0.2, 0) is 13.1 Å². The molecule has 6 rings (SSSR count). The van der Waals surface area contributed by atoms with Gasteiger partial charge in [-0.05, 0) is 50.3 Å². The van der Waals surface area contributed by atoms with Crippen LogP contribution >= 0.6 is 22.7 Å². The van der Waals surface area contributed by atoms with Gasteiger partial charge in [0.15, 0.2) is 0 Å². The van der Waals surface area contributed by atoms with Crippen LogP contribution in [0.15, 0.2) is 102 Å². The summed E-state index contributed by atoms with van der Waals surface area (Å²) in [6.45, 7) is 5.94. The molecule has 36 heavy (non-hydrogen) atoms. The first-order valence-corrected chi connectivity index (χ1v) is 13.8. The summed E-state index contributed by atoms with van der Waals surface area (Å²) in [4.78, 5) is 9.49. The Morgan fingerprint density at radius 1 is 0.917 bits per heavy atom. The minimum atomic E-state index is 0.724. The molecule has 0 fully saturated rings. The Morgan fingerprint density at radius 3 is 2.44 bits per heavy atom. The molecule has 5 aromatic rings. The van der Waals surface area contributed by atoms with Crippen molar-refractivity contribution in [3.8, 4) is 0 Å². The molecular weight excluding hydrogens is 480 g/mol. The number of rotatable bonds is 6. The van der Waals surface area contributed by atoms with Gasteiger partial charge in [0.1, 0.15) is 17.1 Å². The molecule has 3 heterocycles. The van der Waals surface area contributed by atoms with E-state index >= 15 is 0 Å². The maximum atomic E-state index is 4.77. The number of fused-ring (bicyclic) bond motifs is 2. The highest BCUT2D eigenvalue weighted by atomic mass is 32.1. The Balaban J connectivity index is 1.45. The van der Waals surface area contributed by atoms with Gasteiger partial charge in [0.05, 0.1) is 28.6 Å². The van der Waals surface area contributed by atoms with E-state index in [0.29, 0.717) is 0 Å². The Labute approximate surface area is 219 Å². The molecule has 0 spiro atoms. The maximum Gasteiger partial charge on any atom is 0.262 e. The zero-order valence-corrected chi connectivity index (χ0v) is 22.0. The van der Waals surface area contributed by atoms with Crippen LogP contribution in [0, 0.1) is 6.92 Å². The summed E-state index contributed by atoms with van der Waals surface area (Å²) in [6.07, 6.45) is 6.66. The van der Waals surface area contributed by atoms with Gasteiger partial charge in [-0.25, -0.2) is 4.98 Å². The van der Waals surface area contributed by atoms with E-state index in [9.17, 15) is 0 Å². The van der Waals surface area contributed by atoms with Crippen molar-refractivity contribution in [2.45, 2.75) is 26.9 Å². The standard InChI is InChI=1S/C30H27N4S2/c1-3-32-27-16-9-10-17-28(27)36-30(32)19-11-18-29-33(20-23-21-35-22(2)31-23)25-14-7-8-15-26(25)34(29)24-12-5-4-6-13-24/h4-19,21H,3,20H2,1-2H3/q+1. The van der Waals surface area contributed by atoms with Crippen molar-refractivity contribution in [2.24, 2.45) is 0 Å². The Hall–Kier alpha value is -3.74. The SMILES string of the molecule is CC[n+]1c(C=CC=C2N(Cc3csc(C)n3)c3ccccc3N2c2ccccc2)sc2ccccc21. The van der Waals surface area contributed by atoms with Crippen molar-refractivity contribution < 1.29 is 4.57 Å². The number of allylic oxidation sites excluding steroid dienone is 2. The summed E-state index contributed by atoms with van der Waals surface area (Å²) in [7, 11) is 0. The quantitative estimate of drug-likeness (QED) is 0.220. The van der Waals surface area contributed by atoms with Gasteiger partial charge in [-0.2, -0.15) is 4.57 Å². The summed E-state index contributed by atoms with van der Waals surface area (Å²) in [6, 6.07) is 27.8. The second-order valence-electron chi connectivity index (χ2n) is 8.64. The molecule has 0 N–H and O–H groups in total. The Kier molecular flexibility index (Phi) is 6.13. The molecule has 0 radical (unpaired) electrons. The van der Waals surface area contributed by atoms with E-state index in [2.05, 4.69) is 131 Å². The third-order valence-electron chi connectivity index (χ3n) is 6.36. The van der Waals surface area contributed by atoms with Crippen LogP contribution < -0.4 is 14.4 Å². The maximum absolute atomic E-state index is 4.77. The predicted octanol–water partition coefficient (Wildman–Crippen LogP) is 7.69. The number of thiazole rings is 2. The number of para-hydroxylation sites is 4. The highest BCUT2D eigenvalue weighted by molar-refractivity contribution is 7.18. The zero-order valence-electron chi connectivity index (χ0n) is 20.3. The molecule has 3 aromatic carbocycles. The van der Waals surface area contributed by atoms with Crippen molar-refractivity contribution in [1.29, 1.82) is 0 Å². The Bertz CT molecular complexity index is 1580. The number of benzene rings is 3. The first-order chi connectivity index (χ1) is 17.7. The minimum Gasteiger partial charge on any atom is -0.320 e. The summed E-state index contributed by atoms with van der Waals surface area (Å²) in [5.74, 6) is 1.12. The molecule has 0 aliphatic carbocycles. The fraction of sp³-hybridized carbons (Fsp3) is 0.133. The van der Waals surface area contributed by atoms with Crippen LogP contribution in [0.1, 0.15) is 22.6 Å². The van der Waals surface area contributed by atoms with Crippen LogP contribution in [0.3, 0.4) is 0 Å². The van der Waals surface area contributed by atoms with E-state index in [1.165, 1.54) is 26.6 Å². The van der Waals surface area contributed by atoms with Gasteiger partial charge in [0.2, 0.25) is 5.52 Å². The van der Waals surface area contributed by atoms with Crippen molar-refractivity contribution in [1.82, 2.24) is 4.98 Å². The molecule has 0 bridgehead atoms. The molecule has 6 heteroatoms. The number of hydrogen-bond donors (Lipinski definition) is 0. The fourth-order valence-corrected chi connectivity index (χ4v) is 6.53. The summed E-state index contributed by atoms with van der Waals surface area (Å²) < 4.78 is 3.69. The third-order valence-corrected chi connectivity index (χ3v) is 8.31. The van der Waals surface area contributed by atoms with Crippen molar-refractivity contribution in [2.75, 3.05) is 9.80 Å². The minimum absolute atomic E-state index is 0.724. The van der Waals surface area contributed by atoms with Crippen LogP contribution in [0.4, 0.5) is 17.1 Å². The molecule has 178 valence electrons. The molecule has 2 aromatic heterocycles. The highest BCUT2D eigenvalue weighted by Crippen LogP contribution is 2.46.